The highest BCUT2D eigenvalue weighted by atomic mass is 32.2. The molecule has 3 nitrogen and oxygen atoms in total. The van der Waals surface area contributed by atoms with Crippen LogP contribution in [0.15, 0.2) is 23.1 Å². The minimum absolute atomic E-state index is 0.116. The molecule has 24 heavy (non-hydrogen) atoms. The second-order valence-corrected chi connectivity index (χ2v) is 7.73. The Morgan fingerprint density at radius 3 is 2.79 bits per heavy atom. The first kappa shape index (κ1) is 19.1. The molecule has 0 saturated heterocycles. The molecule has 4 heteroatoms. The normalized spacial score (nSPS) is 16.5. The van der Waals surface area contributed by atoms with Crippen LogP contribution in [-0.2, 0) is 0 Å². The Morgan fingerprint density at radius 2 is 2.08 bits per heavy atom. The largest absolute Gasteiger partial charge is 0.494 e. The predicted molar refractivity (Wildman–Crippen MR) is 99.3 cm³/mol. The maximum atomic E-state index is 10.2. The molecule has 0 aromatic heterocycles. The van der Waals surface area contributed by atoms with Gasteiger partial charge in [0.25, 0.3) is 0 Å². The summed E-state index contributed by atoms with van der Waals surface area (Å²) < 4.78 is 5.84. The molecular formula is C20H29NO2S. The van der Waals surface area contributed by atoms with Crippen LogP contribution in [0.5, 0.6) is 5.75 Å². The van der Waals surface area contributed by atoms with Crippen molar-refractivity contribution >= 4 is 11.8 Å². The van der Waals surface area contributed by atoms with E-state index in [2.05, 4.69) is 13.0 Å². The topological polar surface area (TPSA) is 53.2 Å². The van der Waals surface area contributed by atoms with Gasteiger partial charge < -0.3 is 9.84 Å². The molecule has 1 saturated carbocycles. The second-order valence-electron chi connectivity index (χ2n) is 6.63. The lowest BCUT2D eigenvalue weighted by Crippen LogP contribution is -2.08. The number of ether oxygens (including phenoxy) is 1. The number of thioether (sulfide) groups is 1. The van der Waals surface area contributed by atoms with E-state index in [-0.39, 0.29) is 6.42 Å². The van der Waals surface area contributed by atoms with Crippen molar-refractivity contribution in [3.8, 4) is 11.8 Å². The minimum atomic E-state index is -0.737. The van der Waals surface area contributed by atoms with Crippen LogP contribution in [0.1, 0.15) is 70.0 Å². The van der Waals surface area contributed by atoms with E-state index in [0.717, 1.165) is 40.7 Å². The average molecular weight is 348 g/mol. The Hall–Kier alpha value is -1.18. The monoisotopic (exact) mass is 347 g/mol. The highest BCUT2D eigenvalue weighted by Crippen LogP contribution is 2.33. The standard InChI is InChI=1S/C20H29NO2S/c1-2-3-11-23-18-12-17(20(22)9-10-21)13-19(14-18)24-15-16-7-5-4-6-8-16/h12-14,16,20,22H,2-9,11,15H2,1H3. The summed E-state index contributed by atoms with van der Waals surface area (Å²) in [6.45, 7) is 2.84. The first-order valence-electron chi connectivity index (χ1n) is 9.18. The first-order valence-corrected chi connectivity index (χ1v) is 10.2. The molecule has 0 radical (unpaired) electrons. The van der Waals surface area contributed by atoms with Gasteiger partial charge in [0.15, 0.2) is 0 Å². The van der Waals surface area contributed by atoms with Crippen LogP contribution in [0.25, 0.3) is 0 Å². The van der Waals surface area contributed by atoms with E-state index >= 15 is 0 Å². The summed E-state index contributed by atoms with van der Waals surface area (Å²) in [7, 11) is 0. The van der Waals surface area contributed by atoms with E-state index in [9.17, 15) is 5.11 Å². The fourth-order valence-corrected chi connectivity index (χ4v) is 4.24. The first-order chi connectivity index (χ1) is 11.7. The summed E-state index contributed by atoms with van der Waals surface area (Å²) in [5, 5.41) is 19.0. The van der Waals surface area contributed by atoms with E-state index in [1.54, 1.807) is 0 Å². The zero-order valence-electron chi connectivity index (χ0n) is 14.7. The molecule has 1 aliphatic rings. The molecule has 1 aromatic carbocycles. The summed E-state index contributed by atoms with van der Waals surface area (Å²) in [5.74, 6) is 2.75. The Morgan fingerprint density at radius 1 is 1.29 bits per heavy atom. The highest BCUT2D eigenvalue weighted by Gasteiger charge is 2.15. The molecule has 2 rings (SSSR count). The fourth-order valence-electron chi connectivity index (χ4n) is 3.06. The lowest BCUT2D eigenvalue weighted by molar-refractivity contribution is 0.182. The van der Waals surface area contributed by atoms with Gasteiger partial charge in [0.05, 0.1) is 25.2 Å². The van der Waals surface area contributed by atoms with Crippen LogP contribution in [-0.4, -0.2) is 17.5 Å². The van der Waals surface area contributed by atoms with Gasteiger partial charge >= 0.3 is 0 Å². The van der Waals surface area contributed by atoms with Crippen molar-refractivity contribution in [1.29, 1.82) is 5.26 Å². The minimum Gasteiger partial charge on any atom is -0.494 e. The molecule has 1 aromatic rings. The van der Waals surface area contributed by atoms with Gasteiger partial charge in [-0.15, -0.1) is 11.8 Å². The zero-order chi connectivity index (χ0) is 17.2. The van der Waals surface area contributed by atoms with Crippen LogP contribution in [0.2, 0.25) is 0 Å². The second kappa shape index (κ2) is 10.6. The Balaban J connectivity index is 2.04. The van der Waals surface area contributed by atoms with Gasteiger partial charge in [-0.05, 0) is 48.9 Å². The quantitative estimate of drug-likeness (QED) is 0.474. The Labute approximate surface area is 150 Å². The molecule has 0 heterocycles. The van der Waals surface area contributed by atoms with Crippen molar-refractivity contribution in [3.63, 3.8) is 0 Å². The third-order valence-corrected chi connectivity index (χ3v) is 5.76. The highest BCUT2D eigenvalue weighted by molar-refractivity contribution is 7.99. The summed E-state index contributed by atoms with van der Waals surface area (Å²) in [6.07, 6.45) is 8.27. The van der Waals surface area contributed by atoms with Gasteiger partial charge in [-0.3, -0.25) is 0 Å². The van der Waals surface area contributed by atoms with E-state index in [0.29, 0.717) is 6.61 Å². The lowest BCUT2D eigenvalue weighted by atomic mass is 9.91. The molecule has 0 amide bonds. The maximum absolute atomic E-state index is 10.2. The number of benzene rings is 1. The Bertz CT molecular complexity index is 535. The number of nitriles is 1. The molecule has 1 N–H and O–H groups in total. The molecule has 1 fully saturated rings. The van der Waals surface area contributed by atoms with Gasteiger partial charge in [-0.1, -0.05) is 32.6 Å². The van der Waals surface area contributed by atoms with Crippen LogP contribution in [0.3, 0.4) is 0 Å². The molecule has 0 aliphatic heterocycles. The number of nitrogens with zero attached hydrogens (tertiary/aromatic N) is 1. The predicted octanol–water partition coefficient (Wildman–Crippen LogP) is 5.48. The van der Waals surface area contributed by atoms with Gasteiger partial charge in [-0.2, -0.15) is 5.26 Å². The van der Waals surface area contributed by atoms with E-state index in [1.807, 2.05) is 30.0 Å². The number of unbranched alkanes of at least 4 members (excludes halogenated alkanes) is 1. The summed E-state index contributed by atoms with van der Waals surface area (Å²) >= 11 is 1.86. The van der Waals surface area contributed by atoms with E-state index < -0.39 is 6.10 Å². The summed E-state index contributed by atoms with van der Waals surface area (Å²) in [5.41, 5.74) is 0.789. The van der Waals surface area contributed by atoms with Gasteiger partial charge in [0.1, 0.15) is 5.75 Å². The SMILES string of the molecule is CCCCOc1cc(SCC2CCCCC2)cc(C(O)CC#N)c1. The van der Waals surface area contributed by atoms with Gasteiger partial charge in [-0.25, -0.2) is 0 Å². The summed E-state index contributed by atoms with van der Waals surface area (Å²) in [6, 6.07) is 8.01. The molecular weight excluding hydrogens is 318 g/mol. The molecule has 0 bridgehead atoms. The number of rotatable bonds is 9. The number of hydrogen-bond acceptors (Lipinski definition) is 4. The van der Waals surface area contributed by atoms with Crippen LogP contribution in [0, 0.1) is 17.2 Å². The maximum Gasteiger partial charge on any atom is 0.120 e. The van der Waals surface area contributed by atoms with E-state index in [1.165, 1.54) is 32.1 Å². The summed E-state index contributed by atoms with van der Waals surface area (Å²) in [4.78, 5) is 1.14. The Kier molecular flexibility index (Phi) is 8.49. The van der Waals surface area contributed by atoms with Gasteiger partial charge in [0.2, 0.25) is 0 Å². The molecule has 1 atom stereocenters. The van der Waals surface area contributed by atoms with Crippen molar-refractivity contribution in [2.24, 2.45) is 5.92 Å². The third kappa shape index (κ3) is 6.37. The molecule has 1 aliphatic carbocycles. The van der Waals surface area contributed by atoms with Gasteiger partial charge in [0, 0.05) is 10.6 Å². The molecule has 0 spiro atoms. The molecule has 132 valence electrons. The third-order valence-electron chi connectivity index (χ3n) is 4.55. The van der Waals surface area contributed by atoms with Crippen molar-refractivity contribution in [1.82, 2.24) is 0 Å². The smallest absolute Gasteiger partial charge is 0.120 e. The fraction of sp³-hybridized carbons (Fsp3) is 0.650. The molecule has 1 unspecified atom stereocenters. The van der Waals surface area contributed by atoms with Crippen molar-refractivity contribution in [2.45, 2.75) is 69.3 Å². The van der Waals surface area contributed by atoms with Crippen LogP contribution in [0.4, 0.5) is 0 Å². The van der Waals surface area contributed by atoms with Crippen molar-refractivity contribution < 1.29 is 9.84 Å². The van der Waals surface area contributed by atoms with Crippen LogP contribution < -0.4 is 4.74 Å². The number of hydrogen-bond donors (Lipinski definition) is 1. The average Bonchev–Trinajstić information content (AvgIpc) is 2.61. The van der Waals surface area contributed by atoms with Crippen molar-refractivity contribution in [3.05, 3.63) is 23.8 Å². The number of aliphatic hydroxyl groups is 1. The van der Waals surface area contributed by atoms with E-state index in [4.69, 9.17) is 10.00 Å². The van der Waals surface area contributed by atoms with Crippen LogP contribution >= 0.6 is 11.8 Å². The number of aliphatic hydroxyl groups excluding tert-OH is 1. The van der Waals surface area contributed by atoms with Crippen molar-refractivity contribution in [2.75, 3.05) is 12.4 Å². The lowest BCUT2D eigenvalue weighted by Gasteiger charge is -2.21. The zero-order valence-corrected chi connectivity index (χ0v) is 15.5.